The first-order chi connectivity index (χ1) is 7.84. The van der Waals surface area contributed by atoms with Gasteiger partial charge in [0, 0.05) is 18.8 Å². The van der Waals surface area contributed by atoms with Crippen LogP contribution in [0.2, 0.25) is 0 Å². The van der Waals surface area contributed by atoms with Crippen LogP contribution in [0.4, 0.5) is 11.5 Å². The van der Waals surface area contributed by atoms with E-state index >= 15 is 0 Å². The number of amides is 1. The SMILES string of the molecule is CC(C)(CNc1ncccc1[N+](=O)[O-])C(N)=O. The molecular weight excluding hydrogens is 224 g/mol. The van der Waals surface area contributed by atoms with Gasteiger partial charge in [-0.3, -0.25) is 14.9 Å². The first-order valence-electron chi connectivity index (χ1n) is 4.98. The minimum absolute atomic E-state index is 0.131. The molecule has 0 saturated carbocycles. The second-order valence-corrected chi connectivity index (χ2v) is 4.23. The van der Waals surface area contributed by atoms with Crippen LogP contribution in [0.25, 0.3) is 0 Å². The Balaban J connectivity index is 2.83. The van der Waals surface area contributed by atoms with Crippen LogP contribution in [0.3, 0.4) is 0 Å². The predicted molar refractivity (Wildman–Crippen MR) is 62.4 cm³/mol. The molecule has 0 aliphatic heterocycles. The van der Waals surface area contributed by atoms with E-state index in [1.165, 1.54) is 18.3 Å². The zero-order valence-corrected chi connectivity index (χ0v) is 9.64. The fourth-order valence-electron chi connectivity index (χ4n) is 1.07. The molecule has 1 aromatic heterocycles. The third-order valence-electron chi connectivity index (χ3n) is 2.35. The van der Waals surface area contributed by atoms with Gasteiger partial charge in [0.05, 0.1) is 10.3 Å². The number of pyridine rings is 1. The molecular formula is C10H14N4O3. The summed E-state index contributed by atoms with van der Waals surface area (Å²) in [6.07, 6.45) is 1.44. The largest absolute Gasteiger partial charge is 0.369 e. The second kappa shape index (κ2) is 4.77. The molecule has 7 nitrogen and oxygen atoms in total. The standard InChI is InChI=1S/C10H14N4O3/c1-10(2,9(11)15)6-13-8-7(14(16)17)4-3-5-12-8/h3-5H,6H2,1-2H3,(H2,11,15)(H,12,13). The van der Waals surface area contributed by atoms with Crippen molar-refractivity contribution >= 4 is 17.4 Å². The summed E-state index contributed by atoms with van der Waals surface area (Å²) >= 11 is 0. The van der Waals surface area contributed by atoms with Crippen molar-refractivity contribution in [3.8, 4) is 0 Å². The molecule has 0 saturated heterocycles. The molecule has 1 heterocycles. The summed E-state index contributed by atoms with van der Waals surface area (Å²) in [5, 5.41) is 13.5. The van der Waals surface area contributed by atoms with Gasteiger partial charge in [-0.2, -0.15) is 0 Å². The monoisotopic (exact) mass is 238 g/mol. The first kappa shape index (κ1) is 12.9. The fourth-order valence-corrected chi connectivity index (χ4v) is 1.07. The van der Waals surface area contributed by atoms with Crippen molar-refractivity contribution in [3.63, 3.8) is 0 Å². The van der Waals surface area contributed by atoms with Crippen LogP contribution in [0.5, 0.6) is 0 Å². The van der Waals surface area contributed by atoms with Crippen molar-refractivity contribution < 1.29 is 9.72 Å². The van der Waals surface area contributed by atoms with Crippen LogP contribution in [0, 0.1) is 15.5 Å². The Morgan fingerprint density at radius 1 is 1.65 bits per heavy atom. The molecule has 0 aromatic carbocycles. The van der Waals surface area contributed by atoms with Crippen molar-refractivity contribution in [2.45, 2.75) is 13.8 Å². The van der Waals surface area contributed by atoms with Crippen LogP contribution in [-0.4, -0.2) is 22.4 Å². The minimum Gasteiger partial charge on any atom is -0.369 e. The highest BCUT2D eigenvalue weighted by Gasteiger charge is 2.26. The summed E-state index contributed by atoms with van der Waals surface area (Å²) in [6.45, 7) is 3.48. The van der Waals surface area contributed by atoms with Crippen LogP contribution in [-0.2, 0) is 4.79 Å². The number of nitrogens with one attached hydrogen (secondary N) is 1. The lowest BCUT2D eigenvalue weighted by atomic mass is 9.93. The Morgan fingerprint density at radius 3 is 2.82 bits per heavy atom. The molecule has 0 radical (unpaired) electrons. The Hall–Kier alpha value is -2.18. The van der Waals surface area contributed by atoms with E-state index in [4.69, 9.17) is 5.73 Å². The number of aromatic nitrogens is 1. The zero-order chi connectivity index (χ0) is 13.1. The van der Waals surface area contributed by atoms with Crippen molar-refractivity contribution in [2.75, 3.05) is 11.9 Å². The number of hydrogen-bond acceptors (Lipinski definition) is 5. The van der Waals surface area contributed by atoms with Crippen molar-refractivity contribution in [3.05, 3.63) is 28.4 Å². The minimum atomic E-state index is -0.800. The number of nitrogens with zero attached hydrogens (tertiary/aromatic N) is 2. The molecule has 0 atom stereocenters. The summed E-state index contributed by atoms with van der Waals surface area (Å²) in [6, 6.07) is 2.81. The highest BCUT2D eigenvalue weighted by molar-refractivity contribution is 5.80. The van der Waals surface area contributed by atoms with Gasteiger partial charge in [-0.25, -0.2) is 4.98 Å². The molecule has 7 heteroatoms. The van der Waals surface area contributed by atoms with Crippen molar-refractivity contribution in [2.24, 2.45) is 11.1 Å². The number of rotatable bonds is 5. The molecule has 17 heavy (non-hydrogen) atoms. The molecule has 1 rings (SSSR count). The van der Waals surface area contributed by atoms with E-state index in [-0.39, 0.29) is 18.1 Å². The second-order valence-electron chi connectivity index (χ2n) is 4.23. The maximum atomic E-state index is 11.1. The normalized spacial score (nSPS) is 10.9. The number of primary amides is 1. The lowest BCUT2D eigenvalue weighted by molar-refractivity contribution is -0.384. The molecule has 0 aliphatic carbocycles. The van der Waals surface area contributed by atoms with Gasteiger partial charge in [0.2, 0.25) is 11.7 Å². The van der Waals surface area contributed by atoms with E-state index in [2.05, 4.69) is 10.3 Å². The van der Waals surface area contributed by atoms with Gasteiger partial charge in [-0.05, 0) is 19.9 Å². The van der Waals surface area contributed by atoms with Gasteiger partial charge in [-0.15, -0.1) is 0 Å². The van der Waals surface area contributed by atoms with Crippen LogP contribution in [0.1, 0.15) is 13.8 Å². The molecule has 1 aromatic rings. The average Bonchev–Trinajstić information content (AvgIpc) is 2.26. The van der Waals surface area contributed by atoms with Gasteiger partial charge >= 0.3 is 5.69 Å². The third-order valence-corrected chi connectivity index (χ3v) is 2.35. The Morgan fingerprint density at radius 2 is 2.29 bits per heavy atom. The third kappa shape index (κ3) is 3.13. The van der Waals surface area contributed by atoms with Gasteiger partial charge in [-0.1, -0.05) is 0 Å². The number of nitro groups is 1. The summed E-state index contributed by atoms with van der Waals surface area (Å²) in [4.78, 5) is 25.1. The maximum Gasteiger partial charge on any atom is 0.311 e. The van der Waals surface area contributed by atoms with E-state index in [0.717, 1.165) is 0 Å². The van der Waals surface area contributed by atoms with Gasteiger partial charge in [0.15, 0.2) is 0 Å². The quantitative estimate of drug-likeness (QED) is 0.585. The maximum absolute atomic E-state index is 11.1. The summed E-state index contributed by atoms with van der Waals surface area (Å²) in [7, 11) is 0. The fraction of sp³-hybridized carbons (Fsp3) is 0.400. The molecule has 0 spiro atoms. The van der Waals surface area contributed by atoms with E-state index in [1.807, 2.05) is 0 Å². The smallest absolute Gasteiger partial charge is 0.311 e. The Kier molecular flexibility index (Phi) is 3.62. The number of carbonyl (C=O) groups is 1. The number of nitrogens with two attached hydrogens (primary N) is 1. The van der Waals surface area contributed by atoms with E-state index in [1.54, 1.807) is 13.8 Å². The molecule has 3 N–H and O–H groups in total. The van der Waals surface area contributed by atoms with Gasteiger partial charge in [0.1, 0.15) is 0 Å². The van der Waals surface area contributed by atoms with Crippen molar-refractivity contribution in [1.82, 2.24) is 4.98 Å². The molecule has 92 valence electrons. The molecule has 0 fully saturated rings. The van der Waals surface area contributed by atoms with Crippen LogP contribution in [0.15, 0.2) is 18.3 Å². The highest BCUT2D eigenvalue weighted by atomic mass is 16.6. The summed E-state index contributed by atoms with van der Waals surface area (Å²) in [5.74, 6) is -0.351. The number of anilines is 1. The average molecular weight is 238 g/mol. The van der Waals surface area contributed by atoms with E-state index in [9.17, 15) is 14.9 Å². The topological polar surface area (TPSA) is 111 Å². The first-order valence-corrected chi connectivity index (χ1v) is 4.98. The molecule has 0 aliphatic rings. The van der Waals surface area contributed by atoms with Gasteiger partial charge in [0.25, 0.3) is 0 Å². The Bertz CT molecular complexity index is 445. The summed E-state index contributed by atoms with van der Waals surface area (Å²) < 4.78 is 0. The number of carbonyl (C=O) groups excluding carboxylic acids is 1. The molecule has 1 amide bonds. The van der Waals surface area contributed by atoms with Gasteiger partial charge < -0.3 is 11.1 Å². The Labute approximate surface area is 98.2 Å². The lowest BCUT2D eigenvalue weighted by Gasteiger charge is -2.20. The van der Waals surface area contributed by atoms with Crippen LogP contribution >= 0.6 is 0 Å². The molecule has 0 unspecified atom stereocenters. The van der Waals surface area contributed by atoms with Crippen molar-refractivity contribution in [1.29, 1.82) is 0 Å². The van der Waals surface area contributed by atoms with E-state index in [0.29, 0.717) is 0 Å². The number of hydrogen-bond donors (Lipinski definition) is 2. The highest BCUT2D eigenvalue weighted by Crippen LogP contribution is 2.22. The van der Waals surface area contributed by atoms with Crippen LogP contribution < -0.4 is 11.1 Å². The predicted octanol–water partition coefficient (Wildman–Crippen LogP) is 0.913. The zero-order valence-electron chi connectivity index (χ0n) is 9.64. The van der Waals surface area contributed by atoms with E-state index < -0.39 is 16.2 Å². The lowest BCUT2D eigenvalue weighted by Crippen LogP contribution is -2.37. The summed E-state index contributed by atoms with van der Waals surface area (Å²) in [5.41, 5.74) is 4.27. The molecule has 0 bridgehead atoms.